The van der Waals surface area contributed by atoms with E-state index in [1.54, 1.807) is 0 Å². The van der Waals surface area contributed by atoms with E-state index >= 15 is 0 Å². The number of aromatic nitrogens is 2. The van der Waals surface area contributed by atoms with Gasteiger partial charge in [-0.15, -0.1) is 0 Å². The highest BCUT2D eigenvalue weighted by Crippen LogP contribution is 2.12. The minimum Gasteiger partial charge on any atom is -0.329 e. The van der Waals surface area contributed by atoms with E-state index in [1.165, 1.54) is 5.56 Å². The van der Waals surface area contributed by atoms with E-state index in [4.69, 9.17) is 5.73 Å². The lowest BCUT2D eigenvalue weighted by Crippen LogP contribution is -2.54. The van der Waals surface area contributed by atoms with Gasteiger partial charge in [0.05, 0.1) is 6.20 Å². The maximum absolute atomic E-state index is 5.87. The molecule has 0 spiro atoms. The summed E-state index contributed by atoms with van der Waals surface area (Å²) < 4.78 is 2.03. The average Bonchev–Trinajstić information content (AvgIpc) is 2.79. The van der Waals surface area contributed by atoms with Crippen LogP contribution in [-0.2, 0) is 13.1 Å². The molecule has 5 heteroatoms. The number of rotatable bonds is 5. The van der Waals surface area contributed by atoms with Gasteiger partial charge >= 0.3 is 0 Å². The van der Waals surface area contributed by atoms with Crippen molar-refractivity contribution in [3.8, 4) is 0 Å². The molecule has 1 saturated heterocycles. The van der Waals surface area contributed by atoms with Gasteiger partial charge in [0.15, 0.2) is 0 Å². The molecule has 0 saturated carbocycles. The summed E-state index contributed by atoms with van der Waals surface area (Å²) in [7, 11) is 2.17. The zero-order valence-electron chi connectivity index (χ0n) is 11.5. The Balaban J connectivity index is 1.94. The molecule has 0 amide bonds. The van der Waals surface area contributed by atoms with E-state index in [1.807, 2.05) is 10.9 Å². The summed E-state index contributed by atoms with van der Waals surface area (Å²) in [6.45, 7) is 8.17. The summed E-state index contributed by atoms with van der Waals surface area (Å²) >= 11 is 0. The second kappa shape index (κ2) is 6.31. The van der Waals surface area contributed by atoms with Crippen LogP contribution in [0.3, 0.4) is 0 Å². The van der Waals surface area contributed by atoms with Gasteiger partial charge in [0.2, 0.25) is 0 Å². The van der Waals surface area contributed by atoms with Crippen molar-refractivity contribution in [3.63, 3.8) is 0 Å². The number of aryl methyl sites for hydroxylation is 1. The average molecular weight is 251 g/mol. The Hall–Kier alpha value is -0.910. The number of piperazine rings is 1. The summed E-state index contributed by atoms with van der Waals surface area (Å²) in [4.78, 5) is 4.84. The monoisotopic (exact) mass is 251 g/mol. The molecule has 2 N–H and O–H groups in total. The summed E-state index contributed by atoms with van der Waals surface area (Å²) in [6.07, 6.45) is 5.28. The molecule has 0 aliphatic carbocycles. The molecule has 0 bridgehead atoms. The normalized spacial score (nSPS) is 22.5. The zero-order valence-corrected chi connectivity index (χ0v) is 11.5. The van der Waals surface area contributed by atoms with Crippen molar-refractivity contribution in [2.45, 2.75) is 32.5 Å². The lowest BCUT2D eigenvalue weighted by atomic mass is 10.1. The fourth-order valence-corrected chi connectivity index (χ4v) is 2.55. The van der Waals surface area contributed by atoms with Crippen LogP contribution in [0.4, 0.5) is 0 Å². The van der Waals surface area contributed by atoms with E-state index in [-0.39, 0.29) is 0 Å². The number of likely N-dealkylation sites (N-methyl/N-ethyl adjacent to an activating group) is 1. The molecule has 1 aliphatic heterocycles. The minimum atomic E-state index is 0.471. The molecule has 1 unspecified atom stereocenters. The molecule has 0 radical (unpaired) electrons. The van der Waals surface area contributed by atoms with Crippen molar-refractivity contribution >= 4 is 0 Å². The van der Waals surface area contributed by atoms with Gasteiger partial charge in [-0.2, -0.15) is 5.10 Å². The first-order valence-electron chi connectivity index (χ1n) is 6.87. The first kappa shape index (κ1) is 13.5. The summed E-state index contributed by atoms with van der Waals surface area (Å²) in [5, 5.41) is 4.39. The lowest BCUT2D eigenvalue weighted by Gasteiger charge is -2.39. The highest BCUT2D eigenvalue weighted by molar-refractivity contribution is 5.04. The topological polar surface area (TPSA) is 50.3 Å². The van der Waals surface area contributed by atoms with Gasteiger partial charge in [-0.25, -0.2) is 0 Å². The highest BCUT2D eigenvalue weighted by Gasteiger charge is 2.24. The Morgan fingerprint density at radius 3 is 3.00 bits per heavy atom. The van der Waals surface area contributed by atoms with Gasteiger partial charge in [0, 0.05) is 57.1 Å². The fourth-order valence-electron chi connectivity index (χ4n) is 2.55. The molecule has 102 valence electrons. The quantitative estimate of drug-likeness (QED) is 0.821. The first-order valence-corrected chi connectivity index (χ1v) is 6.87. The Labute approximate surface area is 110 Å². The molecular weight excluding hydrogens is 226 g/mol. The van der Waals surface area contributed by atoms with Gasteiger partial charge < -0.3 is 10.6 Å². The minimum absolute atomic E-state index is 0.471. The maximum atomic E-state index is 5.87. The van der Waals surface area contributed by atoms with E-state index < -0.39 is 0 Å². The molecule has 1 fully saturated rings. The van der Waals surface area contributed by atoms with Crippen LogP contribution in [-0.4, -0.2) is 58.8 Å². The van der Waals surface area contributed by atoms with Gasteiger partial charge in [-0.05, 0) is 13.5 Å². The molecule has 1 atom stereocenters. The van der Waals surface area contributed by atoms with Crippen molar-refractivity contribution < 1.29 is 0 Å². The van der Waals surface area contributed by atoms with Gasteiger partial charge in [0.1, 0.15) is 0 Å². The first-order chi connectivity index (χ1) is 8.72. The van der Waals surface area contributed by atoms with Crippen molar-refractivity contribution in [3.05, 3.63) is 18.0 Å². The van der Waals surface area contributed by atoms with E-state index in [2.05, 4.69) is 35.1 Å². The maximum Gasteiger partial charge on any atom is 0.0534 e. The Morgan fingerprint density at radius 2 is 2.28 bits per heavy atom. The smallest absolute Gasteiger partial charge is 0.0534 e. The zero-order chi connectivity index (χ0) is 13.0. The third-order valence-corrected chi connectivity index (χ3v) is 3.60. The molecule has 1 aromatic heterocycles. The van der Waals surface area contributed by atoms with Crippen molar-refractivity contribution in [1.29, 1.82) is 0 Å². The van der Waals surface area contributed by atoms with Crippen molar-refractivity contribution in [1.82, 2.24) is 19.6 Å². The van der Waals surface area contributed by atoms with Crippen LogP contribution >= 0.6 is 0 Å². The Kier molecular flexibility index (Phi) is 4.74. The second-order valence-corrected chi connectivity index (χ2v) is 5.23. The van der Waals surface area contributed by atoms with Crippen molar-refractivity contribution in [2.75, 3.05) is 33.2 Å². The molecule has 2 heterocycles. The third kappa shape index (κ3) is 3.31. The third-order valence-electron chi connectivity index (χ3n) is 3.60. The summed E-state index contributed by atoms with van der Waals surface area (Å²) in [5.74, 6) is 0. The fraction of sp³-hybridized carbons (Fsp3) is 0.769. The number of hydrogen-bond donors (Lipinski definition) is 1. The molecule has 18 heavy (non-hydrogen) atoms. The van der Waals surface area contributed by atoms with Crippen molar-refractivity contribution in [2.24, 2.45) is 5.73 Å². The Bertz CT molecular complexity index is 362. The molecule has 5 nitrogen and oxygen atoms in total. The number of nitrogens with two attached hydrogens (primary N) is 1. The summed E-state index contributed by atoms with van der Waals surface area (Å²) in [6, 6.07) is 0.471. The van der Waals surface area contributed by atoms with Gasteiger partial charge in [-0.1, -0.05) is 6.92 Å². The van der Waals surface area contributed by atoms with E-state index in [0.717, 1.165) is 45.7 Å². The van der Waals surface area contributed by atoms with Crippen LogP contribution in [0.1, 0.15) is 18.9 Å². The largest absolute Gasteiger partial charge is 0.329 e. The van der Waals surface area contributed by atoms with Gasteiger partial charge in [0.25, 0.3) is 0 Å². The molecule has 0 aromatic carbocycles. The van der Waals surface area contributed by atoms with E-state index in [0.29, 0.717) is 6.04 Å². The second-order valence-electron chi connectivity index (χ2n) is 5.23. The van der Waals surface area contributed by atoms with Gasteiger partial charge in [-0.3, -0.25) is 9.58 Å². The predicted molar refractivity (Wildman–Crippen MR) is 73.3 cm³/mol. The molecule has 1 aliphatic rings. The van der Waals surface area contributed by atoms with Crippen LogP contribution in [0.25, 0.3) is 0 Å². The van der Waals surface area contributed by atoms with E-state index in [9.17, 15) is 0 Å². The van der Waals surface area contributed by atoms with Crippen LogP contribution in [0.5, 0.6) is 0 Å². The SMILES string of the molecule is CCCn1cc(CN2CCN(C)CC2CN)cn1. The van der Waals surface area contributed by atoms with Crippen LogP contribution in [0, 0.1) is 0 Å². The summed E-state index contributed by atoms with van der Waals surface area (Å²) in [5.41, 5.74) is 7.17. The molecule has 1 aromatic rings. The standard InChI is InChI=1S/C13H25N5/c1-3-4-18-10-12(8-15-18)9-17-6-5-16(2)11-13(17)7-14/h8,10,13H,3-7,9,11,14H2,1-2H3. The van der Waals surface area contributed by atoms with Crippen LogP contribution < -0.4 is 5.73 Å². The van der Waals surface area contributed by atoms with Crippen LogP contribution in [0.15, 0.2) is 12.4 Å². The molecule has 2 rings (SSSR count). The predicted octanol–water partition coefficient (Wildman–Crippen LogP) is 0.368. The molecular formula is C13H25N5. The van der Waals surface area contributed by atoms with Crippen LogP contribution in [0.2, 0.25) is 0 Å². The number of nitrogens with zero attached hydrogens (tertiary/aromatic N) is 4. The Morgan fingerprint density at radius 1 is 1.44 bits per heavy atom. The highest BCUT2D eigenvalue weighted by atomic mass is 15.3. The lowest BCUT2D eigenvalue weighted by molar-refractivity contribution is 0.0881. The number of hydrogen-bond acceptors (Lipinski definition) is 4.